The molecule has 5 heteroatoms. The maximum atomic E-state index is 11.8. The number of carbonyl (C=O) groups is 2. The third kappa shape index (κ3) is 4.19. The van der Waals surface area contributed by atoms with Crippen LogP contribution in [0.4, 0.5) is 0 Å². The van der Waals surface area contributed by atoms with Crippen molar-refractivity contribution in [3.05, 3.63) is 34.3 Å². The molecule has 0 aliphatic carbocycles. The van der Waals surface area contributed by atoms with E-state index in [1.807, 2.05) is 6.92 Å². The molecular formula is C12H14BrNO3. The van der Waals surface area contributed by atoms with Gasteiger partial charge in [-0.1, -0.05) is 35.3 Å². The molecule has 0 spiro atoms. The van der Waals surface area contributed by atoms with Gasteiger partial charge in [-0.2, -0.15) is 0 Å². The molecule has 4 nitrogen and oxygen atoms in total. The van der Waals surface area contributed by atoms with E-state index in [9.17, 15) is 9.59 Å². The number of halogens is 1. The van der Waals surface area contributed by atoms with E-state index in [-0.39, 0.29) is 5.91 Å². The van der Waals surface area contributed by atoms with E-state index >= 15 is 0 Å². The lowest BCUT2D eigenvalue weighted by Gasteiger charge is -2.13. The molecule has 92 valence electrons. The van der Waals surface area contributed by atoms with E-state index < -0.39 is 12.0 Å². The Morgan fingerprint density at radius 1 is 1.47 bits per heavy atom. The van der Waals surface area contributed by atoms with Crippen LogP contribution in [0.3, 0.4) is 0 Å². The fourth-order valence-corrected chi connectivity index (χ4v) is 1.82. The summed E-state index contributed by atoms with van der Waals surface area (Å²) in [5.41, 5.74) is 0.446. The number of nitrogens with one attached hydrogen (secondary N) is 1. The van der Waals surface area contributed by atoms with Gasteiger partial charge in [0, 0.05) is 10.0 Å². The molecule has 0 aliphatic rings. The lowest BCUT2D eigenvalue weighted by atomic mass is 10.1. The van der Waals surface area contributed by atoms with Crippen LogP contribution < -0.4 is 5.32 Å². The molecule has 1 amide bonds. The fourth-order valence-electron chi connectivity index (χ4n) is 1.42. The lowest BCUT2D eigenvalue weighted by molar-refractivity contribution is -0.139. The van der Waals surface area contributed by atoms with Crippen molar-refractivity contribution in [3.63, 3.8) is 0 Å². The third-order valence-corrected chi connectivity index (χ3v) is 2.76. The summed E-state index contributed by atoms with van der Waals surface area (Å²) in [4.78, 5) is 22.7. The normalized spacial score (nSPS) is 11.9. The van der Waals surface area contributed by atoms with Crippen LogP contribution in [0.5, 0.6) is 0 Å². The summed E-state index contributed by atoms with van der Waals surface area (Å²) in [6.07, 6.45) is 1.13. The number of carboxylic acid groups (broad SMARTS) is 1. The molecule has 1 rings (SSSR count). The number of hydrogen-bond donors (Lipinski definition) is 2. The summed E-state index contributed by atoms with van der Waals surface area (Å²) in [6, 6.07) is 6.00. The molecule has 0 saturated heterocycles. The predicted molar refractivity (Wildman–Crippen MR) is 67.9 cm³/mol. The molecule has 2 N–H and O–H groups in total. The Morgan fingerprint density at radius 3 is 2.71 bits per heavy atom. The topological polar surface area (TPSA) is 66.4 Å². The van der Waals surface area contributed by atoms with Gasteiger partial charge >= 0.3 is 5.97 Å². The first-order valence-electron chi connectivity index (χ1n) is 5.33. The molecule has 0 bridgehead atoms. The average molecular weight is 300 g/mol. The first-order chi connectivity index (χ1) is 8.04. The van der Waals surface area contributed by atoms with E-state index in [2.05, 4.69) is 21.2 Å². The smallest absolute Gasteiger partial charge is 0.326 e. The summed E-state index contributed by atoms with van der Waals surface area (Å²) in [6.45, 7) is 1.88. The van der Waals surface area contributed by atoms with E-state index in [1.54, 1.807) is 24.3 Å². The number of benzene rings is 1. The zero-order valence-electron chi connectivity index (χ0n) is 9.44. The van der Waals surface area contributed by atoms with Crippen molar-refractivity contribution in [1.29, 1.82) is 0 Å². The summed E-state index contributed by atoms with van der Waals surface area (Å²) >= 11 is 3.26. The summed E-state index contributed by atoms with van der Waals surface area (Å²) in [7, 11) is 0. The Labute approximate surface area is 108 Å². The highest BCUT2D eigenvalue weighted by Crippen LogP contribution is 2.12. The van der Waals surface area contributed by atoms with Crippen LogP contribution in [0.1, 0.15) is 30.1 Å². The molecule has 0 radical (unpaired) electrons. The van der Waals surface area contributed by atoms with Gasteiger partial charge in [-0.25, -0.2) is 4.79 Å². The first kappa shape index (κ1) is 13.7. The van der Waals surface area contributed by atoms with E-state index in [0.29, 0.717) is 18.4 Å². The molecule has 1 aromatic rings. The number of carbonyl (C=O) groups excluding carboxylic acids is 1. The third-order valence-electron chi connectivity index (χ3n) is 2.27. The van der Waals surface area contributed by atoms with Crippen molar-refractivity contribution in [2.24, 2.45) is 0 Å². The molecule has 0 fully saturated rings. The van der Waals surface area contributed by atoms with Gasteiger partial charge in [-0.3, -0.25) is 4.79 Å². The van der Waals surface area contributed by atoms with E-state index in [4.69, 9.17) is 5.11 Å². The Kier molecular flexibility index (Phi) is 5.15. The van der Waals surface area contributed by atoms with Crippen LogP contribution in [0.25, 0.3) is 0 Å². The minimum Gasteiger partial charge on any atom is -0.480 e. The molecule has 0 aromatic heterocycles. The Bertz CT molecular complexity index is 420. The molecule has 0 aliphatic heterocycles. The number of aliphatic carboxylic acids is 1. The summed E-state index contributed by atoms with van der Waals surface area (Å²) in [5, 5.41) is 11.4. The maximum absolute atomic E-state index is 11.8. The fraction of sp³-hybridized carbons (Fsp3) is 0.333. The molecule has 1 aromatic carbocycles. The number of carboxylic acids is 1. The van der Waals surface area contributed by atoms with Crippen molar-refractivity contribution < 1.29 is 14.7 Å². The number of amides is 1. The van der Waals surface area contributed by atoms with Crippen LogP contribution >= 0.6 is 15.9 Å². The molecule has 0 saturated carbocycles. The average Bonchev–Trinajstić information content (AvgIpc) is 2.28. The van der Waals surface area contributed by atoms with Gasteiger partial charge in [0.15, 0.2) is 0 Å². The van der Waals surface area contributed by atoms with Crippen LogP contribution in [0.2, 0.25) is 0 Å². The van der Waals surface area contributed by atoms with Crippen LogP contribution in [-0.4, -0.2) is 23.0 Å². The minimum absolute atomic E-state index is 0.368. The predicted octanol–water partition coefficient (Wildman–Crippen LogP) is 2.43. The van der Waals surface area contributed by atoms with Crippen LogP contribution in [-0.2, 0) is 4.79 Å². The van der Waals surface area contributed by atoms with Gasteiger partial charge in [-0.05, 0) is 24.6 Å². The number of hydrogen-bond acceptors (Lipinski definition) is 2. The van der Waals surface area contributed by atoms with Crippen LogP contribution in [0, 0.1) is 0 Å². The highest BCUT2D eigenvalue weighted by atomic mass is 79.9. The van der Waals surface area contributed by atoms with Gasteiger partial charge in [-0.15, -0.1) is 0 Å². The molecule has 1 atom stereocenters. The van der Waals surface area contributed by atoms with Gasteiger partial charge < -0.3 is 10.4 Å². The molecule has 17 heavy (non-hydrogen) atoms. The van der Waals surface area contributed by atoms with Gasteiger partial charge in [0.1, 0.15) is 6.04 Å². The van der Waals surface area contributed by atoms with Gasteiger partial charge in [0.25, 0.3) is 5.91 Å². The quantitative estimate of drug-likeness (QED) is 0.877. The summed E-state index contributed by atoms with van der Waals surface area (Å²) < 4.78 is 0.785. The standard InChI is InChI=1S/C12H14BrNO3/c1-2-4-10(12(16)17)14-11(15)8-5-3-6-9(13)7-8/h3,5-7,10H,2,4H2,1H3,(H,14,15)(H,16,17). The number of rotatable bonds is 5. The second-order valence-electron chi connectivity index (χ2n) is 3.66. The van der Waals surface area contributed by atoms with Gasteiger partial charge in [0.05, 0.1) is 0 Å². The largest absolute Gasteiger partial charge is 0.480 e. The zero-order chi connectivity index (χ0) is 12.8. The van der Waals surface area contributed by atoms with Crippen molar-refractivity contribution in [2.45, 2.75) is 25.8 Å². The first-order valence-corrected chi connectivity index (χ1v) is 6.13. The minimum atomic E-state index is -1.00. The highest BCUT2D eigenvalue weighted by Gasteiger charge is 2.19. The van der Waals surface area contributed by atoms with Crippen molar-refractivity contribution >= 4 is 27.8 Å². The van der Waals surface area contributed by atoms with E-state index in [1.165, 1.54) is 0 Å². The second kappa shape index (κ2) is 6.39. The van der Waals surface area contributed by atoms with Crippen molar-refractivity contribution in [2.75, 3.05) is 0 Å². The Hall–Kier alpha value is -1.36. The van der Waals surface area contributed by atoms with Crippen LogP contribution in [0.15, 0.2) is 28.7 Å². The molecule has 0 heterocycles. The maximum Gasteiger partial charge on any atom is 0.326 e. The highest BCUT2D eigenvalue weighted by molar-refractivity contribution is 9.10. The molecular weight excluding hydrogens is 286 g/mol. The SMILES string of the molecule is CCCC(NC(=O)c1cccc(Br)c1)C(=O)O. The van der Waals surface area contributed by atoms with Gasteiger partial charge in [0.2, 0.25) is 0 Å². The Balaban J connectivity index is 2.73. The zero-order valence-corrected chi connectivity index (χ0v) is 11.0. The van der Waals surface area contributed by atoms with Crippen molar-refractivity contribution in [1.82, 2.24) is 5.32 Å². The Morgan fingerprint density at radius 2 is 2.18 bits per heavy atom. The summed E-state index contributed by atoms with van der Waals surface area (Å²) in [5.74, 6) is -1.37. The second-order valence-corrected chi connectivity index (χ2v) is 4.58. The lowest BCUT2D eigenvalue weighted by Crippen LogP contribution is -2.40. The molecule has 1 unspecified atom stereocenters. The van der Waals surface area contributed by atoms with E-state index in [0.717, 1.165) is 4.47 Å². The monoisotopic (exact) mass is 299 g/mol. The van der Waals surface area contributed by atoms with Crippen molar-refractivity contribution in [3.8, 4) is 0 Å².